The van der Waals surface area contributed by atoms with Crippen LogP contribution in [0, 0.1) is 12.8 Å². The van der Waals surface area contributed by atoms with Gasteiger partial charge in [-0.25, -0.2) is 4.79 Å². The molecule has 0 aliphatic carbocycles. The van der Waals surface area contributed by atoms with Gasteiger partial charge in [0.25, 0.3) is 5.91 Å². The predicted molar refractivity (Wildman–Crippen MR) is 175 cm³/mol. The van der Waals surface area contributed by atoms with Crippen molar-refractivity contribution >= 4 is 16.9 Å². The van der Waals surface area contributed by atoms with Gasteiger partial charge < -0.3 is 28.4 Å². The molecule has 8 nitrogen and oxygen atoms in total. The maximum atomic E-state index is 13.9. The fourth-order valence-electron chi connectivity index (χ4n) is 7.62. The molecule has 3 aromatic rings. The molecule has 8 heteroatoms. The number of carbonyl (C=O) groups is 1. The van der Waals surface area contributed by atoms with Crippen LogP contribution in [0.15, 0.2) is 45.6 Å². The number of hydrogen-bond acceptors (Lipinski definition) is 7. The van der Waals surface area contributed by atoms with E-state index in [4.69, 9.17) is 18.6 Å². The molecule has 2 saturated heterocycles. The van der Waals surface area contributed by atoms with Gasteiger partial charge in [-0.3, -0.25) is 4.79 Å². The number of amides is 1. The van der Waals surface area contributed by atoms with Crippen molar-refractivity contribution in [3.8, 4) is 11.5 Å². The standard InChI is InChI=1S/C37H48N2O6/c1-25-29(21-26-11-6-5-7-12-26)36(41)44-35-28-15-16-37(2,3)45-31(28)22-32(34(25)35)43-24-33(40)39(19-20-42-4)23-27-13-10-18-38-17-9-8-14-30(27)38/h5-7,11-12,22,27,30H,8-10,13-21,23-24H2,1-4H3/t27-,30+/m0/s1. The van der Waals surface area contributed by atoms with Crippen LogP contribution in [0.3, 0.4) is 0 Å². The summed E-state index contributed by atoms with van der Waals surface area (Å²) in [6.45, 7) is 10.0. The van der Waals surface area contributed by atoms with Gasteiger partial charge in [0.05, 0.1) is 12.0 Å². The molecule has 4 heterocycles. The molecule has 242 valence electrons. The molecule has 0 bridgehead atoms. The topological polar surface area (TPSA) is 81.5 Å². The van der Waals surface area contributed by atoms with Gasteiger partial charge >= 0.3 is 5.63 Å². The molecule has 1 aromatic heterocycles. The normalized spacial score (nSPS) is 21.1. The van der Waals surface area contributed by atoms with E-state index in [-0.39, 0.29) is 23.7 Å². The highest BCUT2D eigenvalue weighted by atomic mass is 16.5. The number of ether oxygens (including phenoxy) is 3. The van der Waals surface area contributed by atoms with Crippen LogP contribution in [-0.2, 0) is 22.4 Å². The van der Waals surface area contributed by atoms with E-state index in [1.54, 1.807) is 7.11 Å². The van der Waals surface area contributed by atoms with E-state index >= 15 is 0 Å². The number of rotatable bonds is 10. The van der Waals surface area contributed by atoms with Crippen molar-refractivity contribution in [2.75, 3.05) is 46.5 Å². The van der Waals surface area contributed by atoms with Crippen LogP contribution >= 0.6 is 0 Å². The number of fused-ring (bicyclic) bond motifs is 4. The second kappa shape index (κ2) is 13.6. The first-order chi connectivity index (χ1) is 21.7. The van der Waals surface area contributed by atoms with Gasteiger partial charge in [-0.1, -0.05) is 36.8 Å². The van der Waals surface area contributed by atoms with Crippen molar-refractivity contribution < 1.29 is 23.4 Å². The lowest BCUT2D eigenvalue weighted by Gasteiger charge is -2.45. The Hall–Kier alpha value is -3.36. The zero-order valence-electron chi connectivity index (χ0n) is 27.4. The van der Waals surface area contributed by atoms with Gasteiger partial charge in [0, 0.05) is 49.9 Å². The van der Waals surface area contributed by atoms with Crippen molar-refractivity contribution in [1.29, 1.82) is 0 Å². The summed E-state index contributed by atoms with van der Waals surface area (Å²) in [4.78, 5) is 31.8. The lowest BCUT2D eigenvalue weighted by atomic mass is 9.83. The maximum absolute atomic E-state index is 13.9. The van der Waals surface area contributed by atoms with E-state index in [0.29, 0.717) is 60.7 Å². The highest BCUT2D eigenvalue weighted by Gasteiger charge is 2.35. The molecule has 1 amide bonds. The Labute approximate surface area is 266 Å². The molecular formula is C37H48N2O6. The molecule has 3 aliphatic heterocycles. The van der Waals surface area contributed by atoms with Crippen LogP contribution in [-0.4, -0.2) is 73.9 Å². The Morgan fingerprint density at radius 1 is 1.11 bits per heavy atom. The number of methoxy groups -OCH3 is 1. The third kappa shape index (κ3) is 6.92. The zero-order chi connectivity index (χ0) is 31.6. The molecule has 2 fully saturated rings. The molecule has 0 unspecified atom stereocenters. The maximum Gasteiger partial charge on any atom is 0.340 e. The van der Waals surface area contributed by atoms with Crippen LogP contribution in [0.25, 0.3) is 11.0 Å². The largest absolute Gasteiger partial charge is 0.487 e. The Bertz CT molecular complexity index is 1560. The van der Waals surface area contributed by atoms with Gasteiger partial charge in [-0.05, 0) is 89.4 Å². The summed E-state index contributed by atoms with van der Waals surface area (Å²) >= 11 is 0. The van der Waals surface area contributed by atoms with Crippen molar-refractivity contribution in [3.05, 3.63) is 69.1 Å². The third-order valence-electron chi connectivity index (χ3n) is 10.1. The van der Waals surface area contributed by atoms with E-state index in [1.165, 1.54) is 38.8 Å². The van der Waals surface area contributed by atoms with E-state index in [0.717, 1.165) is 41.3 Å². The van der Waals surface area contributed by atoms with E-state index in [9.17, 15) is 9.59 Å². The summed E-state index contributed by atoms with van der Waals surface area (Å²) in [7, 11) is 1.67. The number of hydrogen-bond donors (Lipinski definition) is 0. The molecule has 0 N–H and O–H groups in total. The number of nitrogens with zero attached hydrogens (tertiary/aromatic N) is 2. The van der Waals surface area contributed by atoms with Crippen LogP contribution < -0.4 is 15.1 Å². The van der Waals surface area contributed by atoms with Crippen molar-refractivity contribution in [2.45, 2.75) is 83.8 Å². The van der Waals surface area contributed by atoms with E-state index in [2.05, 4.69) is 18.7 Å². The summed E-state index contributed by atoms with van der Waals surface area (Å²) in [6.07, 6.45) is 8.04. The number of piperidine rings is 2. The first-order valence-corrected chi connectivity index (χ1v) is 16.7. The molecule has 0 spiro atoms. The lowest BCUT2D eigenvalue weighted by Crippen LogP contribution is -2.52. The number of benzene rings is 2. The van der Waals surface area contributed by atoms with Crippen molar-refractivity contribution in [2.24, 2.45) is 5.92 Å². The fourth-order valence-corrected chi connectivity index (χ4v) is 7.62. The quantitative estimate of drug-likeness (QED) is 0.262. The highest BCUT2D eigenvalue weighted by molar-refractivity contribution is 5.92. The minimum Gasteiger partial charge on any atom is -0.487 e. The Morgan fingerprint density at radius 3 is 2.71 bits per heavy atom. The summed E-state index contributed by atoms with van der Waals surface area (Å²) in [5.41, 5.74) is 3.11. The van der Waals surface area contributed by atoms with Gasteiger partial charge in [0.15, 0.2) is 6.61 Å². The summed E-state index contributed by atoms with van der Waals surface area (Å²) in [6, 6.07) is 12.4. The number of carbonyl (C=O) groups excluding carboxylic acids is 1. The average molecular weight is 617 g/mol. The second-order valence-corrected chi connectivity index (χ2v) is 13.7. The van der Waals surface area contributed by atoms with Crippen LogP contribution in [0.4, 0.5) is 0 Å². The molecule has 0 saturated carbocycles. The fraction of sp³-hybridized carbons (Fsp3) is 0.568. The van der Waals surface area contributed by atoms with Crippen LogP contribution in [0.1, 0.15) is 74.6 Å². The van der Waals surface area contributed by atoms with E-state index in [1.807, 2.05) is 48.2 Å². The first-order valence-electron chi connectivity index (χ1n) is 16.7. The highest BCUT2D eigenvalue weighted by Crippen LogP contribution is 2.43. The minimum absolute atomic E-state index is 0.0633. The number of aryl methyl sites for hydroxylation is 2. The van der Waals surface area contributed by atoms with Crippen LogP contribution in [0.2, 0.25) is 0 Å². The van der Waals surface area contributed by atoms with E-state index < -0.39 is 0 Å². The molecular weight excluding hydrogens is 568 g/mol. The summed E-state index contributed by atoms with van der Waals surface area (Å²) in [5.74, 6) is 1.55. The molecule has 0 radical (unpaired) electrons. The molecule has 2 aromatic carbocycles. The minimum atomic E-state index is -0.361. The Morgan fingerprint density at radius 2 is 1.91 bits per heavy atom. The molecule has 45 heavy (non-hydrogen) atoms. The van der Waals surface area contributed by atoms with Gasteiger partial charge in [-0.2, -0.15) is 0 Å². The Kier molecular flexibility index (Phi) is 9.52. The Balaban J connectivity index is 1.31. The monoisotopic (exact) mass is 616 g/mol. The molecule has 3 aliphatic rings. The van der Waals surface area contributed by atoms with Gasteiger partial charge in [0.2, 0.25) is 0 Å². The lowest BCUT2D eigenvalue weighted by molar-refractivity contribution is -0.135. The van der Waals surface area contributed by atoms with Crippen LogP contribution in [0.5, 0.6) is 11.5 Å². The third-order valence-corrected chi connectivity index (χ3v) is 10.1. The SMILES string of the molecule is COCCN(C[C@@H]1CCCN2CCCC[C@H]12)C(=O)COc1cc2c(c3oc(=O)c(Cc4ccccc4)c(C)c13)CCC(C)(C)O2. The smallest absolute Gasteiger partial charge is 0.340 e. The van der Waals surface area contributed by atoms with Crippen molar-refractivity contribution in [1.82, 2.24) is 9.80 Å². The predicted octanol–water partition coefficient (Wildman–Crippen LogP) is 5.91. The second-order valence-electron chi connectivity index (χ2n) is 13.7. The summed E-state index contributed by atoms with van der Waals surface area (Å²) < 4.78 is 24.3. The molecule has 2 atom stereocenters. The van der Waals surface area contributed by atoms with Gasteiger partial charge in [0.1, 0.15) is 22.7 Å². The molecule has 6 rings (SSSR count). The zero-order valence-corrected chi connectivity index (χ0v) is 27.4. The van der Waals surface area contributed by atoms with Crippen molar-refractivity contribution in [3.63, 3.8) is 0 Å². The first kappa shape index (κ1) is 31.6. The van der Waals surface area contributed by atoms with Gasteiger partial charge in [-0.15, -0.1) is 0 Å². The summed E-state index contributed by atoms with van der Waals surface area (Å²) in [5, 5.41) is 0.740. The average Bonchev–Trinajstić information content (AvgIpc) is 3.03.